The van der Waals surface area contributed by atoms with E-state index in [1.807, 2.05) is 30.3 Å². The van der Waals surface area contributed by atoms with E-state index in [1.54, 1.807) is 18.3 Å². The highest BCUT2D eigenvalue weighted by Gasteiger charge is 2.30. The van der Waals surface area contributed by atoms with Crippen LogP contribution >= 0.6 is 11.8 Å². The first kappa shape index (κ1) is 16.8. The number of hydrogen-bond donors (Lipinski definition) is 1. The zero-order valence-electron chi connectivity index (χ0n) is 13.9. The highest BCUT2D eigenvalue weighted by atomic mass is 32.2. The molecule has 0 aliphatic heterocycles. The molecule has 0 spiro atoms. The number of carbonyl (C=O) groups excluding carboxylic acids is 1. The number of amides is 1. The van der Waals surface area contributed by atoms with Crippen LogP contribution in [-0.4, -0.2) is 16.9 Å². The topological polar surface area (TPSA) is 55.1 Å². The van der Waals surface area contributed by atoms with Gasteiger partial charge >= 0.3 is 0 Å². The van der Waals surface area contributed by atoms with E-state index < -0.39 is 5.25 Å². The quantitative estimate of drug-likeness (QED) is 0.647. The summed E-state index contributed by atoms with van der Waals surface area (Å²) in [6.45, 7) is 0. The van der Waals surface area contributed by atoms with Crippen LogP contribution in [-0.2, 0) is 4.79 Å². The number of rotatable bonds is 6. The summed E-state index contributed by atoms with van der Waals surface area (Å²) in [5.41, 5.74) is 1.64. The van der Waals surface area contributed by atoms with Gasteiger partial charge in [-0.15, -0.1) is 0 Å². The number of nitrogens with zero attached hydrogens (tertiary/aromatic N) is 1. The maximum absolute atomic E-state index is 13.1. The van der Waals surface area contributed by atoms with Crippen LogP contribution in [0, 0.1) is 5.82 Å². The number of thioether (sulfide) groups is 1. The van der Waals surface area contributed by atoms with Crippen molar-refractivity contribution in [3.8, 4) is 11.3 Å². The molecule has 0 bridgehead atoms. The molecule has 1 unspecified atom stereocenters. The van der Waals surface area contributed by atoms with Crippen molar-refractivity contribution < 1.29 is 13.6 Å². The van der Waals surface area contributed by atoms with E-state index in [2.05, 4.69) is 10.3 Å². The van der Waals surface area contributed by atoms with Crippen molar-refractivity contribution in [1.82, 2.24) is 10.3 Å². The molecule has 0 radical (unpaired) electrons. The van der Waals surface area contributed by atoms with Crippen LogP contribution in [0.1, 0.15) is 23.7 Å². The van der Waals surface area contributed by atoms with Gasteiger partial charge in [0, 0.05) is 11.6 Å². The molecule has 1 fully saturated rings. The summed E-state index contributed by atoms with van der Waals surface area (Å²) in [6.07, 6.45) is 3.66. The van der Waals surface area contributed by atoms with E-state index in [9.17, 15) is 9.18 Å². The van der Waals surface area contributed by atoms with E-state index in [-0.39, 0.29) is 17.8 Å². The predicted octanol–water partition coefficient (Wildman–Crippen LogP) is 4.59. The number of hydrogen-bond acceptors (Lipinski definition) is 4. The summed E-state index contributed by atoms with van der Waals surface area (Å²) in [7, 11) is 0. The maximum atomic E-state index is 13.1. The molecule has 2 aromatic carbocycles. The van der Waals surface area contributed by atoms with E-state index in [4.69, 9.17) is 4.42 Å². The molecule has 1 amide bonds. The Kier molecular flexibility index (Phi) is 4.75. The second-order valence-electron chi connectivity index (χ2n) is 6.19. The summed E-state index contributed by atoms with van der Waals surface area (Å²) in [5, 5.41) is 3.02. The monoisotopic (exact) mass is 368 g/mol. The summed E-state index contributed by atoms with van der Waals surface area (Å²) in [4.78, 5) is 16.9. The van der Waals surface area contributed by atoms with Gasteiger partial charge in [0.1, 0.15) is 11.1 Å². The Morgan fingerprint density at radius 1 is 1.15 bits per heavy atom. The van der Waals surface area contributed by atoms with Crippen molar-refractivity contribution in [3.63, 3.8) is 0 Å². The van der Waals surface area contributed by atoms with Gasteiger partial charge in [-0.3, -0.25) is 4.79 Å². The van der Waals surface area contributed by atoms with Crippen LogP contribution in [0.3, 0.4) is 0 Å². The van der Waals surface area contributed by atoms with Crippen molar-refractivity contribution in [2.24, 2.45) is 0 Å². The number of aromatic nitrogens is 1. The van der Waals surface area contributed by atoms with E-state index in [0.29, 0.717) is 11.0 Å². The molecule has 1 saturated carbocycles. The Morgan fingerprint density at radius 2 is 1.88 bits per heavy atom. The summed E-state index contributed by atoms with van der Waals surface area (Å²) < 4.78 is 18.9. The Morgan fingerprint density at radius 3 is 2.58 bits per heavy atom. The maximum Gasteiger partial charge on any atom is 0.257 e. The normalized spacial score (nSPS) is 14.8. The third kappa shape index (κ3) is 3.96. The van der Waals surface area contributed by atoms with E-state index in [0.717, 1.165) is 24.0 Å². The third-order valence-corrected chi connectivity index (χ3v) is 5.21. The molecule has 1 N–H and O–H groups in total. The Balaban J connectivity index is 1.55. The second kappa shape index (κ2) is 7.33. The highest BCUT2D eigenvalue weighted by molar-refractivity contribution is 8.00. The number of benzene rings is 2. The minimum Gasteiger partial charge on any atom is -0.431 e. The van der Waals surface area contributed by atoms with Gasteiger partial charge in [-0.25, -0.2) is 9.37 Å². The molecule has 26 heavy (non-hydrogen) atoms. The lowest BCUT2D eigenvalue weighted by atomic mass is 10.1. The van der Waals surface area contributed by atoms with Gasteiger partial charge in [0.25, 0.3) is 5.22 Å². The Labute approximate surface area is 154 Å². The smallest absolute Gasteiger partial charge is 0.257 e. The van der Waals surface area contributed by atoms with Crippen LogP contribution in [0.5, 0.6) is 0 Å². The van der Waals surface area contributed by atoms with Crippen LogP contribution in [0.4, 0.5) is 4.39 Å². The van der Waals surface area contributed by atoms with Crippen LogP contribution in [0.25, 0.3) is 11.3 Å². The molecule has 0 saturated heterocycles. The molecule has 1 atom stereocenters. The number of nitrogens with one attached hydrogen (secondary N) is 1. The number of carbonyl (C=O) groups is 1. The van der Waals surface area contributed by atoms with Crippen molar-refractivity contribution in [3.05, 3.63) is 72.2 Å². The summed E-state index contributed by atoms with van der Waals surface area (Å²) in [5.74, 6) is 0.205. The zero-order chi connectivity index (χ0) is 17.9. The van der Waals surface area contributed by atoms with Crippen molar-refractivity contribution in [1.29, 1.82) is 0 Å². The molecule has 4 rings (SSSR count). The molecule has 4 nitrogen and oxygen atoms in total. The van der Waals surface area contributed by atoms with Gasteiger partial charge in [-0.05, 0) is 54.4 Å². The molecule has 1 aromatic heterocycles. The first-order chi connectivity index (χ1) is 12.7. The fourth-order valence-electron chi connectivity index (χ4n) is 2.57. The molecule has 3 aromatic rings. The van der Waals surface area contributed by atoms with Gasteiger partial charge in [0.05, 0.1) is 6.20 Å². The minimum atomic E-state index is -0.434. The van der Waals surface area contributed by atoms with Gasteiger partial charge in [-0.1, -0.05) is 30.3 Å². The third-order valence-electron chi connectivity index (χ3n) is 4.10. The molecular weight excluding hydrogens is 351 g/mol. The lowest BCUT2D eigenvalue weighted by molar-refractivity contribution is -0.120. The van der Waals surface area contributed by atoms with E-state index in [1.165, 1.54) is 23.9 Å². The summed E-state index contributed by atoms with van der Waals surface area (Å²) >= 11 is 1.27. The largest absolute Gasteiger partial charge is 0.431 e. The number of halogens is 1. The molecule has 1 aliphatic carbocycles. The Hall–Kier alpha value is -2.60. The van der Waals surface area contributed by atoms with Crippen LogP contribution in [0.2, 0.25) is 0 Å². The second-order valence-corrected chi connectivity index (χ2v) is 7.25. The molecule has 132 valence electrons. The van der Waals surface area contributed by atoms with Gasteiger partial charge < -0.3 is 9.73 Å². The standard InChI is InChI=1S/C20H17FN2O2S/c21-15-8-6-13(7-9-15)17-12-22-20(25-17)26-18(14-4-2-1-3-5-14)19(24)23-16-10-11-16/h1-9,12,16,18H,10-11H2,(H,23,24). The van der Waals surface area contributed by atoms with Crippen molar-refractivity contribution in [2.75, 3.05) is 0 Å². The first-order valence-corrected chi connectivity index (χ1v) is 9.31. The van der Waals surface area contributed by atoms with Crippen molar-refractivity contribution >= 4 is 17.7 Å². The predicted molar refractivity (Wildman–Crippen MR) is 98.1 cm³/mol. The summed E-state index contributed by atoms with van der Waals surface area (Å²) in [6, 6.07) is 15.9. The first-order valence-electron chi connectivity index (χ1n) is 8.43. The van der Waals surface area contributed by atoms with Gasteiger partial charge in [-0.2, -0.15) is 0 Å². The van der Waals surface area contributed by atoms with E-state index >= 15 is 0 Å². The fourth-order valence-corrected chi connectivity index (χ4v) is 3.49. The van der Waals surface area contributed by atoms with Crippen LogP contribution < -0.4 is 5.32 Å². The SMILES string of the molecule is O=C(NC1CC1)C(Sc1ncc(-c2ccc(F)cc2)o1)c1ccccc1. The average molecular weight is 368 g/mol. The molecular formula is C20H17FN2O2S. The lowest BCUT2D eigenvalue weighted by Crippen LogP contribution is -2.29. The Bertz CT molecular complexity index is 892. The van der Waals surface area contributed by atoms with Crippen molar-refractivity contribution in [2.45, 2.75) is 29.4 Å². The van der Waals surface area contributed by atoms with Crippen LogP contribution in [0.15, 0.2) is 70.4 Å². The average Bonchev–Trinajstić information content (AvgIpc) is 3.35. The van der Waals surface area contributed by atoms with Gasteiger partial charge in [0.2, 0.25) is 5.91 Å². The highest BCUT2D eigenvalue weighted by Crippen LogP contribution is 2.37. The minimum absolute atomic E-state index is 0.0368. The molecule has 6 heteroatoms. The zero-order valence-corrected chi connectivity index (χ0v) is 14.7. The number of oxazole rings is 1. The molecule has 1 aliphatic rings. The fraction of sp³-hybridized carbons (Fsp3) is 0.200. The lowest BCUT2D eigenvalue weighted by Gasteiger charge is -2.15. The van der Waals surface area contributed by atoms with Gasteiger partial charge in [0.15, 0.2) is 5.76 Å². The molecule has 1 heterocycles.